The van der Waals surface area contributed by atoms with E-state index in [9.17, 15) is 27.6 Å². The number of nitrogens with zero attached hydrogens (tertiary/aromatic N) is 2. The average Bonchev–Trinajstić information content (AvgIpc) is 3.09. The number of carbonyl (C=O) groups excluding carboxylic acids is 4. The summed E-state index contributed by atoms with van der Waals surface area (Å²) in [5, 5.41) is 5.64. The van der Waals surface area contributed by atoms with Crippen LogP contribution in [0.25, 0.3) is 0 Å². The van der Waals surface area contributed by atoms with E-state index in [1.165, 1.54) is 41.4 Å². The number of hydrogen-bond acceptors (Lipinski definition) is 10. The van der Waals surface area contributed by atoms with E-state index in [4.69, 9.17) is 18.9 Å². The third-order valence-corrected chi connectivity index (χ3v) is 10.4. The van der Waals surface area contributed by atoms with E-state index in [0.29, 0.717) is 36.8 Å². The predicted molar refractivity (Wildman–Crippen MR) is 180 cm³/mol. The molecule has 3 aliphatic rings. The van der Waals surface area contributed by atoms with Crippen molar-refractivity contribution >= 4 is 39.4 Å². The molecule has 2 aromatic carbocycles. The Morgan fingerprint density at radius 3 is 2.45 bits per heavy atom. The lowest BCUT2D eigenvalue weighted by atomic mass is 9.78. The number of hydrogen-bond donors (Lipinski definition) is 2. The van der Waals surface area contributed by atoms with E-state index >= 15 is 0 Å². The summed E-state index contributed by atoms with van der Waals surface area (Å²) in [6.07, 6.45) is 0.995. The number of amides is 3. The van der Waals surface area contributed by atoms with E-state index < -0.39 is 21.4 Å². The van der Waals surface area contributed by atoms with Crippen LogP contribution in [0.4, 0.5) is 5.69 Å². The summed E-state index contributed by atoms with van der Waals surface area (Å²) in [5.41, 5.74) is 0.0301. The van der Waals surface area contributed by atoms with E-state index in [2.05, 4.69) is 10.6 Å². The lowest BCUT2D eigenvalue weighted by Crippen LogP contribution is -2.46. The van der Waals surface area contributed by atoms with Crippen molar-refractivity contribution < 1.29 is 46.5 Å². The fourth-order valence-corrected chi connectivity index (χ4v) is 7.34. The van der Waals surface area contributed by atoms with Crippen molar-refractivity contribution in [1.29, 1.82) is 0 Å². The monoisotopic (exact) mass is 702 g/mol. The summed E-state index contributed by atoms with van der Waals surface area (Å²) in [7, 11) is -2.56. The Hall–Kier alpha value is -4.21. The highest BCUT2D eigenvalue weighted by atomic mass is 32.2. The Balaban J connectivity index is 1.58. The van der Waals surface area contributed by atoms with E-state index in [1.54, 1.807) is 31.2 Å². The van der Waals surface area contributed by atoms with Gasteiger partial charge in [-0.3, -0.25) is 19.2 Å². The molecule has 2 bridgehead atoms. The molecule has 49 heavy (non-hydrogen) atoms. The van der Waals surface area contributed by atoms with Crippen LogP contribution in [0.15, 0.2) is 47.4 Å². The summed E-state index contributed by atoms with van der Waals surface area (Å²) in [6.45, 7) is 4.12. The van der Waals surface area contributed by atoms with Crippen molar-refractivity contribution in [3.63, 3.8) is 0 Å². The third kappa shape index (κ3) is 9.92. The van der Waals surface area contributed by atoms with E-state index in [-0.39, 0.29) is 94.3 Å². The molecule has 2 aromatic rings. The number of benzene rings is 2. The fourth-order valence-electron chi connectivity index (χ4n) is 5.80. The van der Waals surface area contributed by atoms with Gasteiger partial charge in [0.2, 0.25) is 21.8 Å². The van der Waals surface area contributed by atoms with Gasteiger partial charge in [0.25, 0.3) is 5.91 Å². The highest BCUT2D eigenvalue weighted by Crippen LogP contribution is 2.35. The molecule has 0 saturated heterocycles. The number of methoxy groups -OCH3 is 1. The quantitative estimate of drug-likeness (QED) is 0.407. The van der Waals surface area contributed by atoms with Crippen LogP contribution in [0.5, 0.6) is 11.5 Å². The molecule has 1 unspecified atom stereocenters. The van der Waals surface area contributed by atoms with Crippen LogP contribution in [-0.4, -0.2) is 103 Å². The standard InChI is InChI=1S/C34H46N4O10S/c1-4-46-33(42)34(14-19-45-3)22-26-8-10-27(11-9-26)48-23-32(41)35-15-6-17-37(16-5-7-31(40)36-24-34)49(43,44)28-12-13-30-29(21-28)38(25(2)39)18-20-47-30/h8-13,21H,4-7,14-20,22-24H2,1-3H3,(H,35,41)(H,36,40). The summed E-state index contributed by atoms with van der Waals surface area (Å²) in [5.74, 6) is -0.563. The highest BCUT2D eigenvalue weighted by Gasteiger charge is 2.40. The summed E-state index contributed by atoms with van der Waals surface area (Å²) in [4.78, 5) is 52.8. The van der Waals surface area contributed by atoms with Crippen LogP contribution in [0, 0.1) is 5.41 Å². The molecule has 15 heteroatoms. The minimum atomic E-state index is -4.09. The second kappa shape index (κ2) is 17.4. The summed E-state index contributed by atoms with van der Waals surface area (Å²) in [6, 6.07) is 11.4. The van der Waals surface area contributed by atoms with Gasteiger partial charge in [0.05, 0.1) is 29.1 Å². The van der Waals surface area contributed by atoms with Crippen molar-refractivity contribution in [1.82, 2.24) is 14.9 Å². The molecule has 0 aromatic heterocycles. The first-order valence-corrected chi connectivity index (χ1v) is 17.9. The average molecular weight is 703 g/mol. The molecule has 268 valence electrons. The molecular formula is C34H46N4O10S. The van der Waals surface area contributed by atoms with Gasteiger partial charge in [-0.2, -0.15) is 4.31 Å². The summed E-state index contributed by atoms with van der Waals surface area (Å²) < 4.78 is 51.3. The Morgan fingerprint density at radius 1 is 0.980 bits per heavy atom. The Morgan fingerprint density at radius 2 is 1.73 bits per heavy atom. The van der Waals surface area contributed by atoms with Crippen LogP contribution in [0.3, 0.4) is 0 Å². The van der Waals surface area contributed by atoms with Crippen molar-refractivity contribution in [3.05, 3.63) is 48.0 Å². The van der Waals surface area contributed by atoms with Crippen LogP contribution in [0.1, 0.15) is 45.1 Å². The van der Waals surface area contributed by atoms with Gasteiger partial charge in [-0.1, -0.05) is 12.1 Å². The minimum absolute atomic E-state index is 0.00584. The fraction of sp³-hybridized carbons (Fsp3) is 0.529. The molecule has 0 radical (unpaired) electrons. The molecule has 0 fully saturated rings. The molecule has 1 atom stereocenters. The minimum Gasteiger partial charge on any atom is -0.490 e. The molecule has 14 nitrogen and oxygen atoms in total. The number of fused-ring (bicyclic) bond motifs is 18. The Bertz CT molecular complexity index is 1580. The molecule has 3 aliphatic heterocycles. The number of sulfonamides is 1. The number of esters is 1. The molecule has 3 amide bonds. The maximum atomic E-state index is 14.0. The van der Waals surface area contributed by atoms with Crippen molar-refractivity contribution in [2.75, 3.05) is 71.2 Å². The van der Waals surface area contributed by atoms with Crippen molar-refractivity contribution in [3.8, 4) is 11.5 Å². The molecular weight excluding hydrogens is 656 g/mol. The SMILES string of the molecule is CCOC(=O)C1(CCOC)CNC(=O)CCCN(S(=O)(=O)c2ccc3c(c2)N(C(C)=O)CCO3)CCCNC(=O)COc2ccc(cc2)C1. The Kier molecular flexibility index (Phi) is 13.4. The van der Waals surface area contributed by atoms with Gasteiger partial charge in [0.1, 0.15) is 18.1 Å². The van der Waals surface area contributed by atoms with Gasteiger partial charge in [-0.25, -0.2) is 8.42 Å². The van der Waals surface area contributed by atoms with E-state index in [1.807, 2.05) is 0 Å². The molecule has 0 saturated carbocycles. The first kappa shape index (κ1) is 37.6. The first-order valence-electron chi connectivity index (χ1n) is 16.5. The van der Waals surface area contributed by atoms with Gasteiger partial charge in [-0.05, 0) is 68.5 Å². The Labute approximate surface area is 287 Å². The second-order valence-corrected chi connectivity index (χ2v) is 13.9. The zero-order valence-electron chi connectivity index (χ0n) is 28.3. The summed E-state index contributed by atoms with van der Waals surface area (Å²) >= 11 is 0. The maximum Gasteiger partial charge on any atom is 0.314 e. The van der Waals surface area contributed by atoms with Gasteiger partial charge in [0, 0.05) is 53.2 Å². The first-order chi connectivity index (χ1) is 23.5. The van der Waals surface area contributed by atoms with Crippen LogP contribution >= 0.6 is 0 Å². The number of nitrogens with one attached hydrogen (secondary N) is 2. The lowest BCUT2D eigenvalue weighted by Gasteiger charge is -2.32. The van der Waals surface area contributed by atoms with Crippen molar-refractivity contribution in [2.24, 2.45) is 5.41 Å². The number of carbonyl (C=O) groups is 4. The normalized spacial score (nSPS) is 20.2. The second-order valence-electron chi connectivity index (χ2n) is 12.0. The third-order valence-electron chi connectivity index (χ3n) is 8.48. The zero-order valence-corrected chi connectivity index (χ0v) is 29.1. The number of rotatable bonds is 7. The lowest BCUT2D eigenvalue weighted by molar-refractivity contribution is -0.156. The maximum absolute atomic E-state index is 14.0. The topological polar surface area (TPSA) is 170 Å². The van der Waals surface area contributed by atoms with E-state index in [0.717, 1.165) is 5.56 Å². The van der Waals surface area contributed by atoms with Crippen molar-refractivity contribution in [2.45, 2.75) is 50.8 Å². The molecule has 0 spiro atoms. The van der Waals surface area contributed by atoms with Gasteiger partial charge in [-0.15, -0.1) is 0 Å². The highest BCUT2D eigenvalue weighted by molar-refractivity contribution is 7.89. The number of anilines is 1. The van der Waals surface area contributed by atoms with Gasteiger partial charge >= 0.3 is 5.97 Å². The van der Waals surface area contributed by atoms with Gasteiger partial charge in [0.15, 0.2) is 6.61 Å². The predicted octanol–water partition coefficient (Wildman–Crippen LogP) is 2.05. The molecule has 3 heterocycles. The molecule has 2 N–H and O–H groups in total. The smallest absolute Gasteiger partial charge is 0.314 e. The molecule has 0 aliphatic carbocycles. The van der Waals surface area contributed by atoms with Gasteiger partial charge < -0.3 is 34.5 Å². The zero-order chi connectivity index (χ0) is 35.4. The van der Waals surface area contributed by atoms with Crippen LogP contribution < -0.4 is 25.0 Å². The number of ether oxygens (including phenoxy) is 4. The van der Waals surface area contributed by atoms with Crippen LogP contribution in [0.2, 0.25) is 0 Å². The largest absolute Gasteiger partial charge is 0.490 e. The van der Waals surface area contributed by atoms with Crippen LogP contribution in [-0.2, 0) is 45.1 Å². The molecule has 5 rings (SSSR count).